The predicted octanol–water partition coefficient (Wildman–Crippen LogP) is 1.84. The first-order valence-electron chi connectivity index (χ1n) is 7.92. The second kappa shape index (κ2) is 7.97. The lowest BCUT2D eigenvalue weighted by molar-refractivity contribution is -0.154. The van der Waals surface area contributed by atoms with Crippen molar-refractivity contribution >= 4 is 21.9 Å². The highest BCUT2D eigenvalue weighted by molar-refractivity contribution is 7.89. The van der Waals surface area contributed by atoms with Gasteiger partial charge in [-0.25, -0.2) is 13.6 Å². The maximum atomic E-state index is 12.5. The van der Waals surface area contributed by atoms with Crippen LogP contribution in [0.3, 0.4) is 0 Å². The zero-order chi connectivity index (χ0) is 19.4. The molecule has 0 aromatic heterocycles. The Morgan fingerprint density at radius 2 is 1.84 bits per heavy atom. The minimum absolute atomic E-state index is 0.108. The minimum atomic E-state index is -3.88. The first kappa shape index (κ1) is 21.1. The zero-order valence-corrected chi connectivity index (χ0v) is 16.1. The summed E-state index contributed by atoms with van der Waals surface area (Å²) in [5, 5.41) is 5.11. The highest BCUT2D eigenvalue weighted by atomic mass is 32.2. The fourth-order valence-electron chi connectivity index (χ4n) is 2.17. The molecule has 0 aliphatic carbocycles. The number of nitrogens with zero attached hydrogens (tertiary/aromatic N) is 1. The van der Waals surface area contributed by atoms with E-state index in [2.05, 4.69) is 0 Å². The third kappa shape index (κ3) is 6.83. The van der Waals surface area contributed by atoms with Gasteiger partial charge in [0.15, 0.2) is 0 Å². The monoisotopic (exact) mass is 370 g/mol. The van der Waals surface area contributed by atoms with Crippen LogP contribution in [0.4, 0.5) is 0 Å². The molecule has 0 unspecified atom stereocenters. The Hall–Kier alpha value is -1.93. The van der Waals surface area contributed by atoms with Crippen LogP contribution in [0.5, 0.6) is 0 Å². The predicted molar refractivity (Wildman–Crippen MR) is 94.6 cm³/mol. The Labute approximate surface area is 149 Å². The number of sulfonamides is 1. The van der Waals surface area contributed by atoms with Crippen molar-refractivity contribution in [2.24, 2.45) is 5.14 Å². The summed E-state index contributed by atoms with van der Waals surface area (Å²) in [6, 6.07) is 4.18. The molecule has 0 bridgehead atoms. The van der Waals surface area contributed by atoms with Gasteiger partial charge < -0.3 is 9.64 Å². The van der Waals surface area contributed by atoms with Gasteiger partial charge in [-0.3, -0.25) is 9.59 Å². The molecule has 0 spiro atoms. The molecule has 1 aromatic rings. The van der Waals surface area contributed by atoms with E-state index in [0.29, 0.717) is 18.5 Å². The Morgan fingerprint density at radius 1 is 1.24 bits per heavy atom. The fraction of sp³-hybridized carbons (Fsp3) is 0.529. The second-order valence-corrected chi connectivity index (χ2v) is 8.50. The minimum Gasteiger partial charge on any atom is -0.460 e. The molecule has 140 valence electrons. The maximum Gasteiger partial charge on any atom is 0.306 e. The van der Waals surface area contributed by atoms with E-state index in [1.807, 2.05) is 0 Å². The topological polar surface area (TPSA) is 107 Å². The summed E-state index contributed by atoms with van der Waals surface area (Å²) in [6.07, 6.45) is 0.649. The number of aryl methyl sites for hydroxylation is 1. The van der Waals surface area contributed by atoms with Gasteiger partial charge in [0.2, 0.25) is 10.0 Å². The smallest absolute Gasteiger partial charge is 0.306 e. The first-order chi connectivity index (χ1) is 11.3. The summed E-state index contributed by atoms with van der Waals surface area (Å²) in [6.45, 7) is 7.44. The van der Waals surface area contributed by atoms with Gasteiger partial charge in [-0.2, -0.15) is 0 Å². The van der Waals surface area contributed by atoms with E-state index >= 15 is 0 Å². The van der Waals surface area contributed by atoms with Gasteiger partial charge in [-0.05, 0) is 51.8 Å². The number of ether oxygens (including phenoxy) is 1. The SMILES string of the molecule is Cc1ccc(S(N)(=O)=O)cc1C(=O)N(C)CCCC(=O)OC(C)(C)C. The molecule has 0 fully saturated rings. The number of carbonyl (C=O) groups is 2. The van der Waals surface area contributed by atoms with Crippen molar-refractivity contribution in [1.82, 2.24) is 4.90 Å². The lowest BCUT2D eigenvalue weighted by Crippen LogP contribution is -2.30. The molecule has 0 aliphatic heterocycles. The van der Waals surface area contributed by atoms with Gasteiger partial charge in [0, 0.05) is 25.6 Å². The molecule has 25 heavy (non-hydrogen) atoms. The van der Waals surface area contributed by atoms with Crippen LogP contribution in [0, 0.1) is 6.92 Å². The average molecular weight is 370 g/mol. The number of benzene rings is 1. The van der Waals surface area contributed by atoms with Crippen molar-refractivity contribution in [2.45, 2.75) is 51.0 Å². The van der Waals surface area contributed by atoms with Gasteiger partial charge in [0.25, 0.3) is 5.91 Å². The van der Waals surface area contributed by atoms with Gasteiger partial charge >= 0.3 is 5.97 Å². The van der Waals surface area contributed by atoms with Crippen molar-refractivity contribution in [2.75, 3.05) is 13.6 Å². The number of hydrogen-bond acceptors (Lipinski definition) is 5. The highest BCUT2D eigenvalue weighted by Gasteiger charge is 2.19. The van der Waals surface area contributed by atoms with E-state index < -0.39 is 15.6 Å². The molecule has 0 saturated heterocycles. The molecule has 8 heteroatoms. The summed E-state index contributed by atoms with van der Waals surface area (Å²) in [7, 11) is -2.28. The molecule has 0 saturated carbocycles. The van der Waals surface area contributed by atoms with Crippen LogP contribution in [0.15, 0.2) is 23.1 Å². The molecule has 7 nitrogen and oxygen atoms in total. The molecule has 1 amide bonds. The van der Waals surface area contributed by atoms with Crippen molar-refractivity contribution in [3.63, 3.8) is 0 Å². The number of hydrogen-bond donors (Lipinski definition) is 1. The van der Waals surface area contributed by atoms with Crippen molar-refractivity contribution in [1.29, 1.82) is 0 Å². The van der Waals surface area contributed by atoms with Crippen LogP contribution in [-0.2, 0) is 19.6 Å². The summed E-state index contributed by atoms with van der Waals surface area (Å²) in [4.78, 5) is 25.5. The molecule has 1 rings (SSSR count). The van der Waals surface area contributed by atoms with Crippen LogP contribution in [-0.4, -0.2) is 44.4 Å². The van der Waals surface area contributed by atoms with E-state index in [4.69, 9.17) is 9.88 Å². The van der Waals surface area contributed by atoms with Crippen LogP contribution in [0.2, 0.25) is 0 Å². The Balaban J connectivity index is 2.73. The lowest BCUT2D eigenvalue weighted by Gasteiger charge is -2.21. The molecule has 1 aromatic carbocycles. The molecule has 2 N–H and O–H groups in total. The van der Waals surface area contributed by atoms with E-state index in [1.54, 1.807) is 40.8 Å². The van der Waals surface area contributed by atoms with Gasteiger partial charge in [-0.1, -0.05) is 6.07 Å². The van der Waals surface area contributed by atoms with Gasteiger partial charge in [0.1, 0.15) is 5.60 Å². The van der Waals surface area contributed by atoms with Gasteiger partial charge in [-0.15, -0.1) is 0 Å². The van der Waals surface area contributed by atoms with E-state index in [1.165, 1.54) is 17.0 Å². The summed E-state index contributed by atoms with van der Waals surface area (Å²) in [5.74, 6) is -0.645. The van der Waals surface area contributed by atoms with E-state index in [9.17, 15) is 18.0 Å². The zero-order valence-electron chi connectivity index (χ0n) is 15.3. The van der Waals surface area contributed by atoms with Gasteiger partial charge in [0.05, 0.1) is 4.90 Å². The Morgan fingerprint density at radius 3 is 2.36 bits per heavy atom. The quantitative estimate of drug-likeness (QED) is 0.769. The standard InChI is InChI=1S/C17H26N2O5S/c1-12-8-9-13(25(18,22)23)11-14(12)16(21)19(5)10-6-7-15(20)24-17(2,3)4/h8-9,11H,6-7,10H2,1-5H3,(H2,18,22,23). The second-order valence-electron chi connectivity index (χ2n) is 6.94. The van der Waals surface area contributed by atoms with Crippen molar-refractivity contribution in [3.8, 4) is 0 Å². The molecule has 0 heterocycles. The third-order valence-corrected chi connectivity index (χ3v) is 4.32. The first-order valence-corrected chi connectivity index (χ1v) is 9.46. The van der Waals surface area contributed by atoms with Crippen molar-refractivity contribution in [3.05, 3.63) is 29.3 Å². The highest BCUT2D eigenvalue weighted by Crippen LogP contribution is 2.17. The number of amides is 1. The number of carbonyl (C=O) groups excluding carboxylic acids is 2. The molecule has 0 radical (unpaired) electrons. The summed E-state index contributed by atoms with van der Waals surface area (Å²) >= 11 is 0. The largest absolute Gasteiger partial charge is 0.460 e. The molecule has 0 aliphatic rings. The third-order valence-electron chi connectivity index (χ3n) is 3.41. The summed E-state index contributed by atoms with van der Waals surface area (Å²) < 4.78 is 28.1. The summed E-state index contributed by atoms with van der Waals surface area (Å²) in [5.41, 5.74) is 0.382. The van der Waals surface area contributed by atoms with Crippen LogP contribution in [0.1, 0.15) is 49.5 Å². The number of esters is 1. The molecular weight excluding hydrogens is 344 g/mol. The Bertz CT molecular complexity index is 751. The fourth-order valence-corrected chi connectivity index (χ4v) is 2.71. The average Bonchev–Trinajstić information content (AvgIpc) is 2.43. The number of rotatable bonds is 6. The van der Waals surface area contributed by atoms with Crippen LogP contribution < -0.4 is 5.14 Å². The number of nitrogens with two attached hydrogens (primary N) is 1. The Kier molecular flexibility index (Phi) is 6.73. The maximum absolute atomic E-state index is 12.5. The molecule has 0 atom stereocenters. The van der Waals surface area contributed by atoms with Crippen molar-refractivity contribution < 1.29 is 22.7 Å². The molecular formula is C17H26N2O5S. The lowest BCUT2D eigenvalue weighted by atomic mass is 10.1. The number of primary sulfonamides is 1. The van der Waals surface area contributed by atoms with E-state index in [0.717, 1.165) is 0 Å². The van der Waals surface area contributed by atoms with Crippen LogP contribution >= 0.6 is 0 Å². The van der Waals surface area contributed by atoms with Crippen LogP contribution in [0.25, 0.3) is 0 Å². The van der Waals surface area contributed by atoms with E-state index in [-0.39, 0.29) is 28.8 Å². The normalized spacial score (nSPS) is 11.9.